The Morgan fingerprint density at radius 3 is 2.16 bits per heavy atom. The molecule has 0 atom stereocenters. The summed E-state index contributed by atoms with van der Waals surface area (Å²) in [5.74, 6) is -0.333. The van der Waals surface area contributed by atoms with Crippen molar-refractivity contribution >= 4 is 39.1 Å². The number of sulfonamides is 1. The van der Waals surface area contributed by atoms with Gasteiger partial charge in [0.05, 0.1) is 47.9 Å². The van der Waals surface area contributed by atoms with Crippen molar-refractivity contribution in [2.24, 2.45) is 5.73 Å². The number of carboxylic acid groups (broad SMARTS) is 1. The maximum absolute atomic E-state index is 13.5. The minimum atomic E-state index is -3.64. The molecule has 50 heavy (non-hydrogen) atoms. The maximum Gasteiger partial charge on any atom is 0.290 e. The Labute approximate surface area is 291 Å². The number of carbonyl (C=O) groups is 2. The van der Waals surface area contributed by atoms with Crippen molar-refractivity contribution in [3.8, 4) is 28.3 Å². The smallest absolute Gasteiger partial charge is 0.290 e. The number of aryl methyl sites for hydroxylation is 1. The van der Waals surface area contributed by atoms with Crippen LogP contribution in [-0.2, 0) is 21.4 Å². The van der Waals surface area contributed by atoms with E-state index in [2.05, 4.69) is 15.3 Å². The fourth-order valence-corrected chi connectivity index (χ4v) is 4.88. The Kier molecular flexibility index (Phi) is 16.7. The van der Waals surface area contributed by atoms with E-state index in [0.29, 0.717) is 57.2 Å². The number of benzene rings is 2. The second-order valence-corrected chi connectivity index (χ2v) is 11.8. The number of hydrogen-bond donors (Lipinski definition) is 3. The molecule has 5 aromatic rings. The summed E-state index contributed by atoms with van der Waals surface area (Å²) < 4.78 is 63.0. The lowest BCUT2D eigenvalue weighted by Crippen LogP contribution is -2.25. The van der Waals surface area contributed by atoms with Gasteiger partial charge in [-0.1, -0.05) is 21.3 Å². The molecule has 1 amide bonds. The van der Waals surface area contributed by atoms with Crippen LogP contribution in [0.4, 0.5) is 14.5 Å². The van der Waals surface area contributed by atoms with Gasteiger partial charge in [0.1, 0.15) is 28.7 Å². The number of anilines is 1. The number of ether oxygens (including phenoxy) is 1. The van der Waals surface area contributed by atoms with Gasteiger partial charge >= 0.3 is 0 Å². The number of methoxy groups -OCH3 is 1. The topological polar surface area (TPSA) is 178 Å². The molecule has 0 fully saturated rings. The molecule has 0 saturated heterocycles. The number of nitrogens with one attached hydrogen (secondary N) is 1. The first kappa shape index (κ1) is 42.6. The summed E-state index contributed by atoms with van der Waals surface area (Å²) in [7, 11) is 0.825. The van der Waals surface area contributed by atoms with E-state index in [4.69, 9.17) is 24.8 Å². The molecule has 0 bridgehead atoms. The van der Waals surface area contributed by atoms with Crippen molar-refractivity contribution in [1.82, 2.24) is 15.3 Å². The van der Waals surface area contributed by atoms with Crippen molar-refractivity contribution in [2.75, 3.05) is 31.8 Å². The summed E-state index contributed by atoms with van der Waals surface area (Å²) in [4.78, 5) is 29.6. The van der Waals surface area contributed by atoms with Crippen LogP contribution in [0.5, 0.6) is 5.75 Å². The predicted molar refractivity (Wildman–Crippen MR) is 192 cm³/mol. The number of carbonyl (C=O) groups excluding carboxylic acids is 1. The fourth-order valence-electron chi connectivity index (χ4n) is 4.37. The summed E-state index contributed by atoms with van der Waals surface area (Å²) in [6.07, 6.45) is 2.25. The van der Waals surface area contributed by atoms with Gasteiger partial charge in [-0.15, -0.1) is 0 Å². The van der Waals surface area contributed by atoms with Crippen molar-refractivity contribution in [3.05, 3.63) is 95.4 Å². The van der Waals surface area contributed by atoms with E-state index in [-0.39, 0.29) is 31.0 Å². The molecule has 2 aromatic carbocycles. The molecule has 0 unspecified atom stereocenters. The van der Waals surface area contributed by atoms with Crippen LogP contribution >= 0.6 is 0 Å². The van der Waals surface area contributed by atoms with Gasteiger partial charge in [0, 0.05) is 43.2 Å². The molecule has 3 aromatic heterocycles. The second-order valence-electron chi connectivity index (χ2n) is 9.75. The summed E-state index contributed by atoms with van der Waals surface area (Å²) >= 11 is 0. The van der Waals surface area contributed by atoms with Crippen LogP contribution in [0, 0.1) is 18.6 Å². The highest BCUT2D eigenvalue weighted by atomic mass is 32.2. The number of halogens is 2. The summed E-state index contributed by atoms with van der Waals surface area (Å²) in [6, 6.07) is 15.2. The number of aromatic nitrogens is 2. The Hall–Kier alpha value is -5.41. The van der Waals surface area contributed by atoms with Crippen LogP contribution in [-0.4, -0.2) is 63.3 Å². The quantitative estimate of drug-likeness (QED) is 0.159. The highest BCUT2D eigenvalue weighted by molar-refractivity contribution is 7.92. The molecule has 0 aliphatic rings. The molecule has 0 saturated carbocycles. The molecule has 0 radical (unpaired) electrons. The Morgan fingerprint density at radius 1 is 1.08 bits per heavy atom. The van der Waals surface area contributed by atoms with Crippen LogP contribution in [0.1, 0.15) is 43.0 Å². The molecule has 12 nitrogen and oxygen atoms in total. The second kappa shape index (κ2) is 19.6. The van der Waals surface area contributed by atoms with Gasteiger partial charge < -0.3 is 25.3 Å². The third kappa shape index (κ3) is 10.5. The fraction of sp³-hybridized carbons (Fsp3) is 0.257. The van der Waals surface area contributed by atoms with E-state index in [0.717, 1.165) is 16.8 Å². The lowest BCUT2D eigenvalue weighted by atomic mass is 10.0. The van der Waals surface area contributed by atoms with Gasteiger partial charge in [0.25, 0.3) is 12.4 Å². The van der Waals surface area contributed by atoms with Crippen LogP contribution in [0.25, 0.3) is 33.6 Å². The number of nitrogens with zero attached hydrogens (tertiary/aromatic N) is 3. The Morgan fingerprint density at radius 2 is 1.68 bits per heavy atom. The largest absolute Gasteiger partial charge is 0.495 e. The minimum absolute atomic E-state index is 0. The number of amides is 1. The summed E-state index contributed by atoms with van der Waals surface area (Å²) in [5, 5.41) is 9.96. The maximum atomic E-state index is 13.5. The third-order valence-electron chi connectivity index (χ3n) is 6.73. The van der Waals surface area contributed by atoms with E-state index in [9.17, 15) is 22.0 Å². The molecule has 5 rings (SSSR count). The molecule has 270 valence electrons. The highest BCUT2D eigenvalue weighted by Gasteiger charge is 2.26. The number of furan rings is 1. The minimum Gasteiger partial charge on any atom is -0.495 e. The third-order valence-corrected chi connectivity index (χ3v) is 7.93. The molecular formula is C35H43F2N5O7S. The number of pyridine rings is 2. The van der Waals surface area contributed by atoms with Crippen LogP contribution in [0.15, 0.2) is 71.3 Å². The Balaban J connectivity index is 0.000000704. The lowest BCUT2D eigenvalue weighted by molar-refractivity contribution is -0.122. The van der Waals surface area contributed by atoms with Crippen LogP contribution in [0.3, 0.4) is 0 Å². The van der Waals surface area contributed by atoms with E-state index in [1.54, 1.807) is 37.3 Å². The zero-order valence-electron chi connectivity index (χ0n) is 28.1. The monoisotopic (exact) mass is 715 g/mol. The average Bonchev–Trinajstić information content (AvgIpc) is 3.47. The molecular weight excluding hydrogens is 672 g/mol. The zero-order valence-corrected chi connectivity index (χ0v) is 28.9. The number of hydrogen-bond acceptors (Lipinski definition) is 9. The van der Waals surface area contributed by atoms with Gasteiger partial charge in [0.2, 0.25) is 10.0 Å². The summed E-state index contributed by atoms with van der Waals surface area (Å²) in [6.45, 7) is 5.89. The summed E-state index contributed by atoms with van der Waals surface area (Å²) in [5.41, 5.74) is 8.86. The van der Waals surface area contributed by atoms with Crippen LogP contribution in [0.2, 0.25) is 0 Å². The molecule has 15 heteroatoms. The van der Waals surface area contributed by atoms with Gasteiger partial charge in [-0.2, -0.15) is 0 Å². The molecule has 3 heterocycles. The lowest BCUT2D eigenvalue weighted by Gasteiger charge is -2.20. The average molecular weight is 716 g/mol. The standard InChI is InChI=1S/C25H24FN3O5S.C6H7FN2.C2H6.CH2O2.CH4/c1-14-21(33-4)11-10-19(28-14)17-12-18-22(13-20(17)29(3)35(5,31)32)34-24(23(18)25(30)27-2)15-6-8-16(26)9-7-15;7-5-1-2-6(3-8)9-4-5;1-2;2-1-3;/h6-13H,1-5H3,(H,27,30);1-2,4H,3,8H2;1-2H3;1H,(H,2,3);1H4. The molecule has 0 aliphatic carbocycles. The van der Waals surface area contributed by atoms with Crippen molar-refractivity contribution in [3.63, 3.8) is 0 Å². The van der Waals surface area contributed by atoms with E-state index >= 15 is 0 Å². The van der Waals surface area contributed by atoms with Gasteiger partial charge in [-0.3, -0.25) is 18.9 Å². The molecule has 0 aliphatic heterocycles. The SMILES string of the molecule is C.CC.CNC(=O)c1c(-c2ccc(F)cc2)oc2cc(N(C)S(C)(=O)=O)c(-c3ccc(OC)c(C)n3)cc12.NCc1ccc(F)cn1.O=CO. The van der Waals surface area contributed by atoms with E-state index in [1.807, 2.05) is 13.8 Å². The van der Waals surface area contributed by atoms with Gasteiger partial charge in [-0.05, 0) is 61.5 Å². The van der Waals surface area contributed by atoms with Crippen molar-refractivity contribution in [1.29, 1.82) is 0 Å². The molecule has 4 N–H and O–H groups in total. The van der Waals surface area contributed by atoms with Gasteiger partial charge in [0.15, 0.2) is 0 Å². The van der Waals surface area contributed by atoms with Crippen molar-refractivity contribution in [2.45, 2.75) is 34.7 Å². The van der Waals surface area contributed by atoms with E-state index < -0.39 is 21.7 Å². The van der Waals surface area contributed by atoms with Crippen molar-refractivity contribution < 1.29 is 41.0 Å². The number of nitrogens with two attached hydrogens (primary N) is 1. The Bertz CT molecular complexity index is 1970. The van der Waals surface area contributed by atoms with E-state index in [1.165, 1.54) is 51.5 Å². The molecule has 0 spiro atoms. The number of rotatable bonds is 7. The predicted octanol–water partition coefficient (Wildman–Crippen LogP) is 6.42. The number of fused-ring (bicyclic) bond motifs is 1. The van der Waals surface area contributed by atoms with Crippen LogP contribution < -0.4 is 20.1 Å². The van der Waals surface area contributed by atoms with Gasteiger partial charge in [-0.25, -0.2) is 22.2 Å². The zero-order chi connectivity index (χ0) is 36.9. The first-order valence-electron chi connectivity index (χ1n) is 14.7. The first-order valence-corrected chi connectivity index (χ1v) is 16.6. The normalized spacial score (nSPS) is 10.1. The first-order chi connectivity index (χ1) is 23.3. The highest BCUT2D eigenvalue weighted by Crippen LogP contribution is 2.41.